The molecular formula is C15H22N4. The zero-order valence-electron chi connectivity index (χ0n) is 11.9. The van der Waals surface area contributed by atoms with Crippen molar-refractivity contribution in [3.8, 4) is 6.07 Å². The van der Waals surface area contributed by atoms with Crippen molar-refractivity contribution in [2.45, 2.75) is 51.5 Å². The lowest BCUT2D eigenvalue weighted by Gasteiger charge is -2.31. The van der Waals surface area contributed by atoms with Gasteiger partial charge >= 0.3 is 0 Å². The molecule has 1 aromatic rings. The van der Waals surface area contributed by atoms with E-state index >= 15 is 0 Å². The van der Waals surface area contributed by atoms with Gasteiger partial charge in [0, 0.05) is 19.6 Å². The molecule has 4 nitrogen and oxygen atoms in total. The molecule has 0 spiro atoms. The second-order valence-corrected chi connectivity index (χ2v) is 5.97. The van der Waals surface area contributed by atoms with Crippen LogP contribution < -0.4 is 4.90 Å². The number of nitriles is 1. The summed E-state index contributed by atoms with van der Waals surface area (Å²) in [4.78, 5) is 2.47. The third-order valence-electron chi connectivity index (χ3n) is 4.82. The van der Waals surface area contributed by atoms with Crippen molar-refractivity contribution in [1.29, 1.82) is 5.26 Å². The molecular weight excluding hydrogens is 236 g/mol. The highest BCUT2D eigenvalue weighted by Gasteiger charge is 2.36. The molecule has 1 unspecified atom stereocenters. The quantitative estimate of drug-likeness (QED) is 0.819. The molecule has 102 valence electrons. The summed E-state index contributed by atoms with van der Waals surface area (Å²) in [6.45, 7) is 3.01. The molecule has 2 heterocycles. The van der Waals surface area contributed by atoms with Crippen LogP contribution in [0.1, 0.15) is 49.8 Å². The highest BCUT2D eigenvalue weighted by molar-refractivity contribution is 5.58. The van der Waals surface area contributed by atoms with Gasteiger partial charge in [0.25, 0.3) is 0 Å². The van der Waals surface area contributed by atoms with Crippen molar-refractivity contribution < 1.29 is 0 Å². The average Bonchev–Trinajstić information content (AvgIpc) is 3.07. The Balaban J connectivity index is 1.94. The molecule has 2 aliphatic rings. The maximum absolute atomic E-state index is 9.39. The summed E-state index contributed by atoms with van der Waals surface area (Å²) in [6, 6.07) is 2.98. The van der Waals surface area contributed by atoms with Gasteiger partial charge in [-0.3, -0.25) is 4.68 Å². The van der Waals surface area contributed by atoms with Crippen LogP contribution >= 0.6 is 0 Å². The molecule has 1 aliphatic heterocycles. The van der Waals surface area contributed by atoms with Crippen molar-refractivity contribution in [2.24, 2.45) is 13.0 Å². The molecule has 0 N–H and O–H groups in total. The van der Waals surface area contributed by atoms with E-state index < -0.39 is 0 Å². The minimum Gasteiger partial charge on any atom is -0.352 e. The van der Waals surface area contributed by atoms with E-state index in [1.807, 2.05) is 18.7 Å². The maximum atomic E-state index is 9.39. The van der Waals surface area contributed by atoms with Gasteiger partial charge in [0.1, 0.15) is 17.5 Å². The first kappa shape index (κ1) is 12.5. The van der Waals surface area contributed by atoms with Gasteiger partial charge in [-0.25, -0.2) is 0 Å². The van der Waals surface area contributed by atoms with E-state index in [1.54, 1.807) is 0 Å². The van der Waals surface area contributed by atoms with Gasteiger partial charge < -0.3 is 4.90 Å². The van der Waals surface area contributed by atoms with Gasteiger partial charge in [-0.2, -0.15) is 10.4 Å². The van der Waals surface area contributed by atoms with Gasteiger partial charge in [0.15, 0.2) is 0 Å². The lowest BCUT2D eigenvalue weighted by molar-refractivity contribution is 0.426. The molecule has 4 heteroatoms. The van der Waals surface area contributed by atoms with Crippen LogP contribution in [0, 0.1) is 24.2 Å². The molecule has 19 heavy (non-hydrogen) atoms. The summed E-state index contributed by atoms with van der Waals surface area (Å²) >= 11 is 0. The van der Waals surface area contributed by atoms with E-state index in [0.29, 0.717) is 6.04 Å². The number of hydrogen-bond acceptors (Lipinski definition) is 3. The predicted molar refractivity (Wildman–Crippen MR) is 75.0 cm³/mol. The number of aryl methyl sites for hydroxylation is 2. The Kier molecular flexibility index (Phi) is 3.22. The number of anilines is 1. The Morgan fingerprint density at radius 3 is 2.63 bits per heavy atom. The first-order chi connectivity index (χ1) is 9.22. The molecule has 1 aliphatic carbocycles. The molecule has 0 bridgehead atoms. The number of hydrogen-bond donors (Lipinski definition) is 0. The zero-order chi connectivity index (χ0) is 13.4. The highest BCUT2D eigenvalue weighted by Crippen LogP contribution is 2.38. The van der Waals surface area contributed by atoms with Gasteiger partial charge in [-0.15, -0.1) is 0 Å². The van der Waals surface area contributed by atoms with E-state index in [-0.39, 0.29) is 0 Å². The smallest absolute Gasteiger partial charge is 0.145 e. The van der Waals surface area contributed by atoms with Crippen LogP contribution in [0.5, 0.6) is 0 Å². The summed E-state index contributed by atoms with van der Waals surface area (Å²) in [5.41, 5.74) is 1.63. The lowest BCUT2D eigenvalue weighted by Crippen LogP contribution is -2.36. The standard InChI is InChI=1S/C15H22N4/c1-11-13(10-16)15(18(2)17-11)19-9-5-8-14(19)12-6-3-4-7-12/h12,14H,3-9H2,1-2H3. The van der Waals surface area contributed by atoms with Crippen LogP contribution in [0.3, 0.4) is 0 Å². The SMILES string of the molecule is Cc1nn(C)c(N2CCCC2C2CCCC2)c1C#N. The minimum atomic E-state index is 0.629. The van der Waals surface area contributed by atoms with Gasteiger partial charge in [0.05, 0.1) is 5.69 Å². The Morgan fingerprint density at radius 2 is 1.95 bits per heavy atom. The van der Waals surface area contributed by atoms with Crippen LogP contribution in [0.15, 0.2) is 0 Å². The van der Waals surface area contributed by atoms with Crippen LogP contribution in [-0.2, 0) is 7.05 Å². The molecule has 1 saturated heterocycles. The second-order valence-electron chi connectivity index (χ2n) is 5.97. The fourth-order valence-electron chi connectivity index (χ4n) is 3.99. The van der Waals surface area contributed by atoms with E-state index in [9.17, 15) is 5.26 Å². The van der Waals surface area contributed by atoms with Crippen molar-refractivity contribution in [2.75, 3.05) is 11.4 Å². The molecule has 1 aromatic heterocycles. The number of nitrogens with zero attached hydrogens (tertiary/aromatic N) is 4. The Bertz CT molecular complexity index is 505. The summed E-state index contributed by atoms with van der Waals surface area (Å²) < 4.78 is 1.90. The van der Waals surface area contributed by atoms with Crippen LogP contribution in [0.2, 0.25) is 0 Å². The predicted octanol–water partition coefficient (Wildman–Crippen LogP) is 2.76. The maximum Gasteiger partial charge on any atom is 0.145 e. The van der Waals surface area contributed by atoms with Crippen molar-refractivity contribution in [1.82, 2.24) is 9.78 Å². The van der Waals surface area contributed by atoms with Gasteiger partial charge in [-0.05, 0) is 38.5 Å². The topological polar surface area (TPSA) is 44.9 Å². The van der Waals surface area contributed by atoms with Crippen LogP contribution in [0.25, 0.3) is 0 Å². The average molecular weight is 258 g/mol. The van der Waals surface area contributed by atoms with E-state index in [2.05, 4.69) is 16.1 Å². The van der Waals surface area contributed by atoms with E-state index in [1.165, 1.54) is 38.5 Å². The van der Waals surface area contributed by atoms with Gasteiger partial charge in [-0.1, -0.05) is 12.8 Å². The number of rotatable bonds is 2. The Hall–Kier alpha value is -1.50. The third-order valence-corrected chi connectivity index (χ3v) is 4.82. The van der Waals surface area contributed by atoms with Crippen molar-refractivity contribution >= 4 is 5.82 Å². The monoisotopic (exact) mass is 258 g/mol. The normalized spacial score (nSPS) is 24.1. The summed E-state index contributed by atoms with van der Waals surface area (Å²) in [5, 5.41) is 13.8. The molecule has 1 saturated carbocycles. The first-order valence-electron chi connectivity index (χ1n) is 7.42. The van der Waals surface area contributed by atoms with E-state index in [0.717, 1.165) is 29.5 Å². The molecule has 3 rings (SSSR count). The molecule has 2 fully saturated rings. The molecule has 0 aromatic carbocycles. The summed E-state index contributed by atoms with van der Waals surface area (Å²) in [7, 11) is 1.97. The van der Waals surface area contributed by atoms with Crippen LogP contribution in [-0.4, -0.2) is 22.4 Å². The minimum absolute atomic E-state index is 0.629. The fraction of sp³-hybridized carbons (Fsp3) is 0.733. The first-order valence-corrected chi connectivity index (χ1v) is 7.42. The van der Waals surface area contributed by atoms with Gasteiger partial charge in [0.2, 0.25) is 0 Å². The zero-order valence-corrected chi connectivity index (χ0v) is 11.9. The summed E-state index contributed by atoms with van der Waals surface area (Å²) in [5.74, 6) is 1.87. The number of aromatic nitrogens is 2. The molecule has 0 radical (unpaired) electrons. The largest absolute Gasteiger partial charge is 0.352 e. The molecule has 1 atom stereocenters. The molecule has 0 amide bonds. The summed E-state index contributed by atoms with van der Waals surface area (Å²) in [6.07, 6.45) is 8.00. The lowest BCUT2D eigenvalue weighted by atomic mass is 9.96. The van der Waals surface area contributed by atoms with E-state index in [4.69, 9.17) is 0 Å². The van der Waals surface area contributed by atoms with Crippen LogP contribution in [0.4, 0.5) is 5.82 Å². The third kappa shape index (κ3) is 2.01. The Morgan fingerprint density at radius 1 is 1.21 bits per heavy atom. The van der Waals surface area contributed by atoms with Crippen molar-refractivity contribution in [3.63, 3.8) is 0 Å². The van der Waals surface area contributed by atoms with Crippen molar-refractivity contribution in [3.05, 3.63) is 11.3 Å². The highest BCUT2D eigenvalue weighted by atomic mass is 15.4. The Labute approximate surface area is 115 Å². The fourth-order valence-corrected chi connectivity index (χ4v) is 3.99. The second kappa shape index (κ2) is 4.88.